The Labute approximate surface area is 183 Å². The van der Waals surface area contributed by atoms with Gasteiger partial charge in [-0.15, -0.1) is 0 Å². The molecule has 0 fully saturated rings. The number of nitrogens with zero attached hydrogens (tertiary/aromatic N) is 5. The van der Waals surface area contributed by atoms with Crippen LogP contribution in [0.1, 0.15) is 60.0 Å². The zero-order valence-electron chi connectivity index (χ0n) is 17.9. The molecule has 1 aliphatic heterocycles. The molecule has 1 unspecified atom stereocenters. The van der Waals surface area contributed by atoms with E-state index in [2.05, 4.69) is 25.0 Å². The molecule has 0 radical (unpaired) electrons. The summed E-state index contributed by atoms with van der Waals surface area (Å²) in [5.41, 5.74) is 3.26. The number of aromatic nitrogens is 5. The minimum absolute atomic E-state index is 0.264. The second-order valence-corrected chi connectivity index (χ2v) is 8.13. The summed E-state index contributed by atoms with van der Waals surface area (Å²) >= 11 is 0. The van der Waals surface area contributed by atoms with Crippen molar-refractivity contribution >= 4 is 17.1 Å². The van der Waals surface area contributed by atoms with Gasteiger partial charge in [0.15, 0.2) is 5.65 Å². The monoisotopic (exact) mass is 434 g/mol. The number of fused-ring (bicyclic) bond motifs is 3. The average molecular weight is 434 g/mol. The van der Waals surface area contributed by atoms with Crippen molar-refractivity contribution in [1.29, 1.82) is 0 Å². The molecule has 0 saturated heterocycles. The van der Waals surface area contributed by atoms with Crippen LogP contribution >= 0.6 is 0 Å². The first-order chi connectivity index (χ1) is 15.5. The highest BCUT2D eigenvalue weighted by molar-refractivity contribution is 6.04. The van der Waals surface area contributed by atoms with Crippen LogP contribution in [0.25, 0.3) is 22.6 Å². The minimum Gasteiger partial charge on any atom is -0.340 e. The molecule has 1 atom stereocenters. The molecule has 3 aromatic heterocycles. The third-order valence-corrected chi connectivity index (χ3v) is 5.70. The molecule has 0 spiro atoms. The Morgan fingerprint density at radius 3 is 2.78 bits per heavy atom. The highest BCUT2D eigenvalue weighted by atomic mass is 19.1. The molecule has 9 heteroatoms. The molecule has 0 saturated carbocycles. The van der Waals surface area contributed by atoms with E-state index in [4.69, 9.17) is 9.51 Å². The Balaban J connectivity index is 1.41. The molecule has 8 nitrogen and oxygen atoms in total. The van der Waals surface area contributed by atoms with Crippen molar-refractivity contribution in [3.05, 3.63) is 59.1 Å². The molecule has 1 N–H and O–H groups in total. The molecular weight excluding hydrogens is 411 g/mol. The van der Waals surface area contributed by atoms with E-state index in [1.165, 1.54) is 18.6 Å². The number of hydrogen-bond acceptors (Lipinski definition) is 6. The lowest BCUT2D eigenvalue weighted by Gasteiger charge is -2.11. The van der Waals surface area contributed by atoms with Crippen LogP contribution in [-0.2, 0) is 13.0 Å². The summed E-state index contributed by atoms with van der Waals surface area (Å²) in [5.74, 6) is 0.969. The van der Waals surface area contributed by atoms with E-state index < -0.39 is 6.04 Å². The van der Waals surface area contributed by atoms with Gasteiger partial charge >= 0.3 is 0 Å². The van der Waals surface area contributed by atoms with Crippen molar-refractivity contribution in [2.75, 3.05) is 0 Å². The molecular formula is C23H23FN6O2. The summed E-state index contributed by atoms with van der Waals surface area (Å²) in [5, 5.41) is 6.87. The van der Waals surface area contributed by atoms with Crippen LogP contribution in [0.15, 0.2) is 34.9 Å². The van der Waals surface area contributed by atoms with Gasteiger partial charge < -0.3 is 14.4 Å². The summed E-state index contributed by atoms with van der Waals surface area (Å²) < 4.78 is 20.6. The third-order valence-electron chi connectivity index (χ3n) is 5.70. The SMILES string of the molecule is Cc1cc(C(=O)NC(C)c2nc(-c3ccc(F)cc3)no2)c2nc3n(c2n1)CCCCC3. The number of benzene rings is 1. The number of halogens is 1. The first-order valence-electron chi connectivity index (χ1n) is 10.8. The Morgan fingerprint density at radius 1 is 1.16 bits per heavy atom. The van der Waals surface area contributed by atoms with Gasteiger partial charge in [-0.25, -0.2) is 14.4 Å². The van der Waals surface area contributed by atoms with Gasteiger partial charge in [0.05, 0.1) is 5.56 Å². The maximum absolute atomic E-state index is 13.2. The lowest BCUT2D eigenvalue weighted by Crippen LogP contribution is -2.27. The number of aryl methyl sites for hydroxylation is 3. The predicted octanol–water partition coefficient (Wildman–Crippen LogP) is 4.15. The van der Waals surface area contributed by atoms with Crippen LogP contribution in [0.4, 0.5) is 4.39 Å². The summed E-state index contributed by atoms with van der Waals surface area (Å²) in [7, 11) is 0. The number of carbonyl (C=O) groups excluding carboxylic acids is 1. The highest BCUT2D eigenvalue weighted by Gasteiger charge is 2.23. The quantitative estimate of drug-likeness (QED) is 0.518. The maximum Gasteiger partial charge on any atom is 0.254 e. The van der Waals surface area contributed by atoms with Gasteiger partial charge in [-0.05, 0) is 57.0 Å². The first kappa shape index (κ1) is 20.3. The number of nitrogens with one attached hydrogen (secondary N) is 1. The van der Waals surface area contributed by atoms with E-state index in [0.29, 0.717) is 22.5 Å². The van der Waals surface area contributed by atoms with Crippen molar-refractivity contribution < 1.29 is 13.7 Å². The summed E-state index contributed by atoms with van der Waals surface area (Å²) in [4.78, 5) is 27.0. The van der Waals surface area contributed by atoms with Crippen LogP contribution in [0.5, 0.6) is 0 Å². The van der Waals surface area contributed by atoms with E-state index in [-0.39, 0.29) is 17.6 Å². The molecule has 32 heavy (non-hydrogen) atoms. The maximum atomic E-state index is 13.2. The average Bonchev–Trinajstić information content (AvgIpc) is 3.32. The van der Waals surface area contributed by atoms with Gasteiger partial charge in [0.1, 0.15) is 23.2 Å². The third kappa shape index (κ3) is 3.74. The van der Waals surface area contributed by atoms with Gasteiger partial charge in [-0.3, -0.25) is 4.79 Å². The van der Waals surface area contributed by atoms with Crippen molar-refractivity contribution in [2.45, 2.75) is 52.1 Å². The van der Waals surface area contributed by atoms with Crippen molar-refractivity contribution in [1.82, 2.24) is 30.0 Å². The predicted molar refractivity (Wildman–Crippen MR) is 115 cm³/mol. The zero-order valence-corrected chi connectivity index (χ0v) is 17.9. The zero-order chi connectivity index (χ0) is 22.2. The van der Waals surface area contributed by atoms with Gasteiger partial charge in [0, 0.05) is 24.2 Å². The standard InChI is InChI=1S/C23H23FN6O2/c1-13-12-17(19-21(25-13)30-11-5-3-4-6-18(30)27-19)22(31)26-14(2)23-28-20(29-32-23)15-7-9-16(24)10-8-15/h7-10,12,14H,3-6,11H2,1-2H3,(H,26,31). The number of carbonyl (C=O) groups is 1. The Hall–Kier alpha value is -3.62. The fourth-order valence-electron chi connectivity index (χ4n) is 4.05. The van der Waals surface area contributed by atoms with Crippen LogP contribution in [0, 0.1) is 12.7 Å². The second-order valence-electron chi connectivity index (χ2n) is 8.13. The van der Waals surface area contributed by atoms with E-state index in [1.807, 2.05) is 6.92 Å². The highest BCUT2D eigenvalue weighted by Crippen LogP contribution is 2.25. The van der Waals surface area contributed by atoms with E-state index in [9.17, 15) is 9.18 Å². The molecule has 0 aliphatic carbocycles. The Kier molecular flexibility index (Phi) is 5.16. The van der Waals surface area contributed by atoms with Gasteiger partial charge in [-0.2, -0.15) is 4.98 Å². The fraction of sp³-hybridized carbons (Fsp3) is 0.348. The Bertz CT molecular complexity index is 1290. The van der Waals surface area contributed by atoms with Gasteiger partial charge in [-0.1, -0.05) is 11.6 Å². The van der Waals surface area contributed by atoms with Crippen molar-refractivity contribution in [3.63, 3.8) is 0 Å². The van der Waals surface area contributed by atoms with Crippen LogP contribution in [-0.4, -0.2) is 30.6 Å². The largest absolute Gasteiger partial charge is 0.340 e. The van der Waals surface area contributed by atoms with E-state index in [0.717, 1.165) is 43.0 Å². The number of amides is 1. The fourth-order valence-corrected chi connectivity index (χ4v) is 4.05. The second kappa shape index (κ2) is 8.14. The summed E-state index contributed by atoms with van der Waals surface area (Å²) in [6.07, 6.45) is 4.24. The van der Waals surface area contributed by atoms with E-state index >= 15 is 0 Å². The number of imidazole rings is 1. The van der Waals surface area contributed by atoms with Crippen LogP contribution in [0.2, 0.25) is 0 Å². The summed E-state index contributed by atoms with van der Waals surface area (Å²) in [6, 6.07) is 7.06. The molecule has 1 amide bonds. The molecule has 4 aromatic rings. The molecule has 1 aromatic carbocycles. The molecule has 4 heterocycles. The number of hydrogen-bond donors (Lipinski definition) is 1. The first-order valence-corrected chi connectivity index (χ1v) is 10.8. The van der Waals surface area contributed by atoms with Gasteiger partial charge in [0.2, 0.25) is 11.7 Å². The normalized spacial score (nSPS) is 14.7. The van der Waals surface area contributed by atoms with Crippen LogP contribution < -0.4 is 5.32 Å². The van der Waals surface area contributed by atoms with Gasteiger partial charge in [0.25, 0.3) is 5.91 Å². The smallest absolute Gasteiger partial charge is 0.254 e. The molecule has 1 aliphatic rings. The summed E-state index contributed by atoms with van der Waals surface area (Å²) in [6.45, 7) is 4.52. The molecule has 5 rings (SSSR count). The topological polar surface area (TPSA) is 98.7 Å². The Morgan fingerprint density at radius 2 is 1.97 bits per heavy atom. The minimum atomic E-state index is -0.520. The van der Waals surface area contributed by atoms with Crippen LogP contribution in [0.3, 0.4) is 0 Å². The number of rotatable bonds is 4. The number of pyridine rings is 1. The van der Waals surface area contributed by atoms with Crippen molar-refractivity contribution in [3.8, 4) is 11.4 Å². The molecule has 0 bridgehead atoms. The lowest BCUT2D eigenvalue weighted by molar-refractivity contribution is 0.0934. The lowest BCUT2D eigenvalue weighted by atomic mass is 10.1. The van der Waals surface area contributed by atoms with Crippen molar-refractivity contribution in [2.24, 2.45) is 0 Å². The van der Waals surface area contributed by atoms with E-state index in [1.54, 1.807) is 25.1 Å². The molecule has 164 valence electrons.